The van der Waals surface area contributed by atoms with Crippen LogP contribution in [0, 0.1) is 0 Å². The highest BCUT2D eigenvalue weighted by atomic mass is 19.3. The van der Waals surface area contributed by atoms with Crippen LogP contribution in [-0.4, -0.2) is 12.1 Å². The third kappa shape index (κ3) is 5.13. The maximum Gasteiger partial charge on any atom is 0.421 e. The number of rotatable bonds is 6. The lowest BCUT2D eigenvalue weighted by Crippen LogP contribution is -2.22. The molecule has 2 nitrogen and oxygen atoms in total. The normalized spacial score (nSPS) is 11.5. The topological polar surface area (TPSA) is 26.3 Å². The Hall–Kier alpha value is -2.49. The van der Waals surface area contributed by atoms with Crippen molar-refractivity contribution in [3.8, 4) is 0 Å². The van der Waals surface area contributed by atoms with Crippen LogP contribution in [0.2, 0.25) is 0 Å². The summed E-state index contributed by atoms with van der Waals surface area (Å²) in [5.74, 6) is -1.04. The van der Waals surface area contributed by atoms with Crippen molar-refractivity contribution in [2.75, 3.05) is 0 Å². The van der Waals surface area contributed by atoms with Crippen LogP contribution in [0.25, 0.3) is 0 Å². The van der Waals surface area contributed by atoms with Crippen molar-refractivity contribution in [2.45, 2.75) is 19.0 Å². The van der Waals surface area contributed by atoms with E-state index in [-0.39, 0.29) is 5.56 Å². The van der Waals surface area contributed by atoms with Crippen LogP contribution in [-0.2, 0) is 11.2 Å². The first-order valence-corrected chi connectivity index (χ1v) is 6.95. The minimum absolute atomic E-state index is 0.0971. The van der Waals surface area contributed by atoms with Crippen LogP contribution in [0.3, 0.4) is 0 Å². The Labute approximate surface area is 128 Å². The van der Waals surface area contributed by atoms with Gasteiger partial charge in [0.15, 0.2) is 0 Å². The van der Waals surface area contributed by atoms with E-state index in [2.05, 4.69) is 4.74 Å². The Kier molecular flexibility index (Phi) is 5.42. The minimum Gasteiger partial charge on any atom is -0.394 e. The molecule has 0 aliphatic carbocycles. The van der Waals surface area contributed by atoms with Gasteiger partial charge in [0.05, 0.1) is 5.56 Å². The first-order chi connectivity index (χ1) is 10.6. The fourth-order valence-corrected chi connectivity index (χ4v) is 1.91. The van der Waals surface area contributed by atoms with E-state index in [1.54, 1.807) is 18.2 Å². The van der Waals surface area contributed by atoms with Crippen molar-refractivity contribution in [2.24, 2.45) is 0 Å². The second-order valence-electron chi connectivity index (χ2n) is 4.74. The smallest absolute Gasteiger partial charge is 0.394 e. The molecule has 114 valence electrons. The van der Waals surface area contributed by atoms with E-state index >= 15 is 0 Å². The van der Waals surface area contributed by atoms with Crippen LogP contribution < -0.4 is 0 Å². The molecule has 0 spiro atoms. The van der Waals surface area contributed by atoms with Crippen LogP contribution >= 0.6 is 0 Å². The summed E-state index contributed by atoms with van der Waals surface area (Å²) in [5.41, 5.74) is 1.16. The molecule has 0 fully saturated rings. The molecular formula is C18H16F2O2. The molecule has 0 bridgehead atoms. The summed E-state index contributed by atoms with van der Waals surface area (Å²) in [7, 11) is 0. The maximum atomic E-state index is 13.6. The lowest BCUT2D eigenvalue weighted by Gasteiger charge is -2.12. The Morgan fingerprint density at radius 3 is 2.23 bits per heavy atom. The molecule has 0 aromatic heterocycles. The van der Waals surface area contributed by atoms with E-state index in [0.717, 1.165) is 5.56 Å². The number of benzene rings is 2. The summed E-state index contributed by atoms with van der Waals surface area (Å²) in [4.78, 5) is 11.6. The number of hydrogen-bond donors (Lipinski definition) is 0. The van der Waals surface area contributed by atoms with Gasteiger partial charge in [0.25, 0.3) is 0 Å². The van der Waals surface area contributed by atoms with Gasteiger partial charge in [-0.3, -0.25) is 0 Å². The van der Waals surface area contributed by atoms with E-state index < -0.39 is 12.1 Å². The van der Waals surface area contributed by atoms with Gasteiger partial charge in [0.2, 0.25) is 0 Å². The van der Waals surface area contributed by atoms with Gasteiger partial charge < -0.3 is 4.74 Å². The highest BCUT2D eigenvalue weighted by Gasteiger charge is 2.30. The molecule has 0 N–H and O–H groups in total. The van der Waals surface area contributed by atoms with Gasteiger partial charge in [-0.1, -0.05) is 54.6 Å². The van der Waals surface area contributed by atoms with Crippen LogP contribution in [0.5, 0.6) is 0 Å². The molecule has 0 aliphatic heterocycles. The predicted octanol–water partition coefficient (Wildman–Crippen LogP) is 4.63. The molecule has 2 aromatic carbocycles. The third-order valence-corrected chi connectivity index (χ3v) is 2.99. The summed E-state index contributed by atoms with van der Waals surface area (Å²) >= 11 is 0. The number of allylic oxidation sites excluding steroid dienone is 1. The van der Waals surface area contributed by atoms with Gasteiger partial charge in [-0.25, -0.2) is 4.79 Å². The largest absolute Gasteiger partial charge is 0.421 e. The Morgan fingerprint density at radius 1 is 1.00 bits per heavy atom. The number of ether oxygens (including phenoxy) is 1. The van der Waals surface area contributed by atoms with Crippen molar-refractivity contribution in [1.82, 2.24) is 0 Å². The zero-order valence-electron chi connectivity index (χ0n) is 11.9. The molecule has 0 aliphatic rings. The summed E-state index contributed by atoms with van der Waals surface area (Å²) in [5, 5.41) is 0. The Bertz CT molecular complexity index is 622. The summed E-state index contributed by atoms with van der Waals surface area (Å²) in [6.45, 7) is 0. The molecule has 22 heavy (non-hydrogen) atoms. The van der Waals surface area contributed by atoms with Crippen molar-refractivity contribution in [3.63, 3.8) is 0 Å². The van der Waals surface area contributed by atoms with Crippen molar-refractivity contribution < 1.29 is 18.3 Å². The van der Waals surface area contributed by atoms with Gasteiger partial charge >= 0.3 is 12.1 Å². The fourth-order valence-electron chi connectivity index (χ4n) is 1.91. The minimum atomic E-state index is -3.61. The van der Waals surface area contributed by atoms with Crippen LogP contribution in [0.1, 0.15) is 22.3 Å². The molecule has 2 rings (SSSR count). The van der Waals surface area contributed by atoms with Gasteiger partial charge in [0, 0.05) is 6.08 Å². The summed E-state index contributed by atoms with van der Waals surface area (Å²) < 4.78 is 31.3. The number of carbonyl (C=O) groups is 1. The zero-order chi connectivity index (χ0) is 15.8. The molecule has 0 saturated heterocycles. The molecular weight excluding hydrogens is 286 g/mol. The molecule has 0 atom stereocenters. The van der Waals surface area contributed by atoms with Crippen LogP contribution in [0.15, 0.2) is 72.8 Å². The Morgan fingerprint density at radius 2 is 1.59 bits per heavy atom. The predicted molar refractivity (Wildman–Crippen MR) is 80.7 cm³/mol. The van der Waals surface area contributed by atoms with Crippen molar-refractivity contribution in [3.05, 3.63) is 83.9 Å². The molecule has 0 amide bonds. The van der Waals surface area contributed by atoms with Gasteiger partial charge in [0.1, 0.15) is 0 Å². The number of alkyl halides is 2. The van der Waals surface area contributed by atoms with Crippen molar-refractivity contribution >= 4 is 5.97 Å². The van der Waals surface area contributed by atoms with E-state index in [4.69, 9.17) is 0 Å². The van der Waals surface area contributed by atoms with Gasteiger partial charge in [-0.05, 0) is 30.5 Å². The molecule has 0 heterocycles. The number of carbonyl (C=O) groups excluding carboxylic acids is 1. The van der Waals surface area contributed by atoms with E-state index in [0.29, 0.717) is 18.9 Å². The quantitative estimate of drug-likeness (QED) is 0.574. The van der Waals surface area contributed by atoms with Gasteiger partial charge in [-0.2, -0.15) is 8.78 Å². The lowest BCUT2D eigenvalue weighted by atomic mass is 10.1. The van der Waals surface area contributed by atoms with Crippen LogP contribution in [0.4, 0.5) is 8.78 Å². The second-order valence-corrected chi connectivity index (χ2v) is 4.74. The SMILES string of the molecule is O=C(OC(F)(F)/C=C/CCc1ccccc1)c1ccccc1. The first kappa shape index (κ1) is 15.9. The fraction of sp³-hybridized carbons (Fsp3) is 0.167. The average Bonchev–Trinajstić information content (AvgIpc) is 2.53. The molecule has 0 saturated carbocycles. The maximum absolute atomic E-state index is 13.6. The van der Waals surface area contributed by atoms with E-state index in [9.17, 15) is 13.6 Å². The highest BCUT2D eigenvalue weighted by molar-refractivity contribution is 5.89. The monoisotopic (exact) mass is 302 g/mol. The summed E-state index contributed by atoms with van der Waals surface area (Å²) in [6, 6.07) is 17.3. The van der Waals surface area contributed by atoms with Crippen molar-refractivity contribution in [1.29, 1.82) is 0 Å². The zero-order valence-corrected chi connectivity index (χ0v) is 11.9. The average molecular weight is 302 g/mol. The molecule has 2 aromatic rings. The first-order valence-electron chi connectivity index (χ1n) is 6.95. The number of halogens is 2. The standard InChI is InChI=1S/C18H16F2O2/c19-18(20,22-17(21)16-12-5-2-6-13-16)14-8-7-11-15-9-3-1-4-10-15/h1-6,8-10,12-14H,7,11H2/b14-8+. The second kappa shape index (κ2) is 7.50. The van der Waals surface area contributed by atoms with E-state index in [1.807, 2.05) is 30.3 Å². The number of hydrogen-bond acceptors (Lipinski definition) is 2. The Balaban J connectivity index is 1.85. The summed E-state index contributed by atoms with van der Waals surface area (Å²) in [6.07, 6.45) is -0.561. The lowest BCUT2D eigenvalue weighted by molar-refractivity contribution is -0.160. The van der Waals surface area contributed by atoms with E-state index in [1.165, 1.54) is 18.2 Å². The molecule has 4 heteroatoms. The third-order valence-electron chi connectivity index (χ3n) is 2.99. The highest BCUT2D eigenvalue weighted by Crippen LogP contribution is 2.20. The van der Waals surface area contributed by atoms with Gasteiger partial charge in [-0.15, -0.1) is 0 Å². The molecule has 0 radical (unpaired) electrons. The number of esters is 1. The molecule has 0 unspecified atom stereocenters. The number of aryl methyl sites for hydroxylation is 1.